The van der Waals surface area contributed by atoms with Crippen molar-refractivity contribution in [2.75, 3.05) is 0 Å². The average Bonchev–Trinajstić information content (AvgIpc) is 3.17. The van der Waals surface area contributed by atoms with Gasteiger partial charge in [-0.25, -0.2) is 9.67 Å². The summed E-state index contributed by atoms with van der Waals surface area (Å²) in [5.41, 5.74) is -3.92. The molecule has 3 aromatic rings. The van der Waals surface area contributed by atoms with Crippen LogP contribution < -0.4 is 5.56 Å². The van der Waals surface area contributed by atoms with Crippen LogP contribution >= 0.6 is 0 Å². The smallest absolute Gasteiger partial charge is 0.267 e. The molecule has 0 atom stereocenters. The molecule has 0 N–H and O–H groups in total. The van der Waals surface area contributed by atoms with E-state index in [1.807, 2.05) is 0 Å². The summed E-state index contributed by atoms with van der Waals surface area (Å²) in [5, 5.41) is 7.70. The summed E-state index contributed by atoms with van der Waals surface area (Å²) >= 11 is 0. The lowest BCUT2D eigenvalue weighted by Gasteiger charge is -2.22. The van der Waals surface area contributed by atoms with Crippen molar-refractivity contribution >= 4 is 0 Å². The van der Waals surface area contributed by atoms with E-state index in [4.69, 9.17) is 0 Å². The third-order valence-corrected chi connectivity index (χ3v) is 5.87. The van der Waals surface area contributed by atoms with E-state index in [2.05, 4.69) is 20.2 Å². The molecule has 0 aromatic carbocycles. The van der Waals surface area contributed by atoms with E-state index in [0.717, 1.165) is 49.6 Å². The molecule has 13 heteroatoms. The number of rotatable bonds is 4. The van der Waals surface area contributed by atoms with Crippen LogP contribution in [-0.4, -0.2) is 29.5 Å². The zero-order valence-corrected chi connectivity index (χ0v) is 18.0. The van der Waals surface area contributed by atoms with Crippen molar-refractivity contribution in [3.63, 3.8) is 0 Å². The van der Waals surface area contributed by atoms with Crippen molar-refractivity contribution < 1.29 is 26.3 Å². The van der Waals surface area contributed by atoms with Gasteiger partial charge in [-0.15, -0.1) is 0 Å². The van der Waals surface area contributed by atoms with Crippen LogP contribution in [0.3, 0.4) is 0 Å². The molecule has 4 rings (SSSR count). The molecule has 0 unspecified atom stereocenters. The molecule has 0 aliphatic heterocycles. The Morgan fingerprint density at radius 3 is 2.32 bits per heavy atom. The first kappa shape index (κ1) is 23.9. The van der Waals surface area contributed by atoms with Crippen LogP contribution in [0.2, 0.25) is 0 Å². The maximum absolute atomic E-state index is 13.7. The molecule has 1 aliphatic rings. The molecule has 1 saturated carbocycles. The second-order valence-corrected chi connectivity index (χ2v) is 8.16. The Bertz CT molecular complexity index is 1240. The fraction of sp³-hybridized carbons (Fsp3) is 0.476. The van der Waals surface area contributed by atoms with Gasteiger partial charge in [0.05, 0.1) is 29.7 Å². The highest BCUT2D eigenvalue weighted by Gasteiger charge is 2.39. The Morgan fingerprint density at radius 1 is 1.00 bits per heavy atom. The van der Waals surface area contributed by atoms with Crippen LogP contribution in [0.15, 0.2) is 29.5 Å². The monoisotopic (exact) mass is 486 g/mol. The lowest BCUT2D eigenvalue weighted by Crippen LogP contribution is -2.30. The molecule has 34 heavy (non-hydrogen) atoms. The third kappa shape index (κ3) is 4.68. The highest BCUT2D eigenvalue weighted by molar-refractivity contribution is 5.62. The van der Waals surface area contributed by atoms with Crippen molar-refractivity contribution in [1.82, 2.24) is 29.5 Å². The van der Waals surface area contributed by atoms with Crippen LogP contribution in [0.4, 0.5) is 26.3 Å². The molecule has 1 aliphatic carbocycles. The van der Waals surface area contributed by atoms with Gasteiger partial charge in [0, 0.05) is 25.0 Å². The summed E-state index contributed by atoms with van der Waals surface area (Å²) in [4.78, 5) is 20.3. The predicted octanol–water partition coefficient (Wildman–Crippen LogP) is 4.57. The predicted molar refractivity (Wildman–Crippen MR) is 108 cm³/mol. The largest absolute Gasteiger partial charge is 0.435 e. The molecule has 0 spiro atoms. The van der Waals surface area contributed by atoms with Crippen LogP contribution in [0.25, 0.3) is 11.3 Å². The quantitative estimate of drug-likeness (QED) is 0.505. The highest BCUT2D eigenvalue weighted by Crippen LogP contribution is 2.38. The summed E-state index contributed by atoms with van der Waals surface area (Å²) in [6.45, 7) is -0.698. The van der Waals surface area contributed by atoms with Gasteiger partial charge in [0.2, 0.25) is 0 Å². The van der Waals surface area contributed by atoms with Gasteiger partial charge < -0.3 is 0 Å². The number of halogens is 6. The second kappa shape index (κ2) is 8.84. The van der Waals surface area contributed by atoms with Crippen molar-refractivity contribution in [3.8, 4) is 11.3 Å². The fourth-order valence-electron chi connectivity index (χ4n) is 4.33. The van der Waals surface area contributed by atoms with Gasteiger partial charge in [0.25, 0.3) is 5.56 Å². The minimum atomic E-state index is -4.83. The molecule has 0 amide bonds. The zero-order valence-electron chi connectivity index (χ0n) is 18.0. The number of aromatic nitrogens is 6. The standard InChI is InChI=1S/C21H20F6N6O/c1-32-18(21(25,26)27)14(10-30-32)15-9-13(12-5-3-2-4-6-12)19(34)33(31-15)11-16-17(20(22,23)24)29-8-7-28-16/h7-10,12H,2-6,11H2,1H3. The number of hydrogen-bond donors (Lipinski definition) is 0. The van der Waals surface area contributed by atoms with Crippen molar-refractivity contribution in [2.45, 2.75) is 56.9 Å². The third-order valence-electron chi connectivity index (χ3n) is 5.87. The maximum Gasteiger partial charge on any atom is 0.435 e. The van der Waals surface area contributed by atoms with Gasteiger partial charge in [-0.05, 0) is 24.8 Å². The minimum absolute atomic E-state index is 0.196. The van der Waals surface area contributed by atoms with Crippen molar-refractivity contribution in [1.29, 1.82) is 0 Å². The van der Waals surface area contributed by atoms with Gasteiger partial charge in [0.15, 0.2) is 11.4 Å². The van der Waals surface area contributed by atoms with Gasteiger partial charge in [-0.2, -0.15) is 36.5 Å². The molecule has 0 saturated heterocycles. The summed E-state index contributed by atoms with van der Waals surface area (Å²) in [6, 6.07) is 1.31. The van der Waals surface area contributed by atoms with E-state index in [0.29, 0.717) is 17.5 Å². The molecule has 182 valence electrons. The Hall–Kier alpha value is -3.25. The molecular weight excluding hydrogens is 466 g/mol. The van der Waals surface area contributed by atoms with E-state index in [1.54, 1.807) is 0 Å². The fourth-order valence-corrected chi connectivity index (χ4v) is 4.33. The number of alkyl halides is 6. The Kier molecular flexibility index (Phi) is 6.21. The zero-order chi connectivity index (χ0) is 24.7. The van der Waals surface area contributed by atoms with E-state index >= 15 is 0 Å². The number of aryl methyl sites for hydroxylation is 1. The Balaban J connectivity index is 1.89. The van der Waals surface area contributed by atoms with Crippen LogP contribution in [0.1, 0.15) is 60.7 Å². The summed E-state index contributed by atoms with van der Waals surface area (Å²) in [7, 11) is 1.12. The SMILES string of the molecule is Cn1ncc(-c2cc(C3CCCCC3)c(=O)n(Cc3nccnc3C(F)(F)F)n2)c1C(F)(F)F. The molecular formula is C21H20F6N6O. The molecule has 3 heterocycles. The maximum atomic E-state index is 13.7. The van der Waals surface area contributed by atoms with Gasteiger partial charge in [-0.1, -0.05) is 19.3 Å². The second-order valence-electron chi connectivity index (χ2n) is 8.16. The van der Waals surface area contributed by atoms with Gasteiger partial charge >= 0.3 is 12.4 Å². The molecule has 3 aromatic heterocycles. The van der Waals surface area contributed by atoms with Gasteiger partial charge in [-0.3, -0.25) is 14.5 Å². The van der Waals surface area contributed by atoms with Crippen LogP contribution in [-0.2, 0) is 25.9 Å². The van der Waals surface area contributed by atoms with E-state index in [-0.39, 0.29) is 22.7 Å². The molecule has 1 fully saturated rings. The Morgan fingerprint density at radius 2 is 1.68 bits per heavy atom. The van der Waals surface area contributed by atoms with E-state index in [1.165, 1.54) is 6.07 Å². The van der Waals surface area contributed by atoms with Crippen LogP contribution in [0, 0.1) is 0 Å². The first-order valence-corrected chi connectivity index (χ1v) is 10.6. The summed E-state index contributed by atoms with van der Waals surface area (Å²) in [5.74, 6) is -0.232. The molecule has 0 radical (unpaired) electrons. The topological polar surface area (TPSA) is 78.5 Å². The summed E-state index contributed by atoms with van der Waals surface area (Å²) < 4.78 is 82.7. The number of nitrogens with zero attached hydrogens (tertiary/aromatic N) is 6. The minimum Gasteiger partial charge on any atom is -0.267 e. The Labute approximate surface area is 189 Å². The molecule has 0 bridgehead atoms. The molecule has 7 nitrogen and oxygen atoms in total. The van der Waals surface area contributed by atoms with Gasteiger partial charge in [0.1, 0.15) is 0 Å². The first-order chi connectivity index (χ1) is 16.0. The number of hydrogen-bond acceptors (Lipinski definition) is 5. The average molecular weight is 486 g/mol. The first-order valence-electron chi connectivity index (χ1n) is 10.6. The summed E-state index contributed by atoms with van der Waals surface area (Å²) in [6.07, 6.45) is -2.75. The normalized spacial score (nSPS) is 15.6. The highest BCUT2D eigenvalue weighted by atomic mass is 19.4. The van der Waals surface area contributed by atoms with Crippen LogP contribution in [0.5, 0.6) is 0 Å². The van der Waals surface area contributed by atoms with Crippen molar-refractivity contribution in [3.05, 3.63) is 57.7 Å². The lowest BCUT2D eigenvalue weighted by atomic mass is 9.84. The van der Waals surface area contributed by atoms with E-state index in [9.17, 15) is 31.1 Å². The lowest BCUT2D eigenvalue weighted by molar-refractivity contribution is -0.143. The van der Waals surface area contributed by atoms with Crippen molar-refractivity contribution in [2.24, 2.45) is 7.05 Å². The van der Waals surface area contributed by atoms with E-state index < -0.39 is 41.5 Å².